The second-order valence-electron chi connectivity index (χ2n) is 7.00. The van der Waals surface area contributed by atoms with Crippen molar-refractivity contribution in [1.82, 2.24) is 9.88 Å². The number of fused-ring (bicyclic) bond motifs is 1. The number of pyridine rings is 1. The summed E-state index contributed by atoms with van der Waals surface area (Å²) < 4.78 is 5.26. The predicted octanol–water partition coefficient (Wildman–Crippen LogP) is 5.37. The first-order chi connectivity index (χ1) is 12.7. The molecule has 26 heavy (non-hydrogen) atoms. The van der Waals surface area contributed by atoms with Gasteiger partial charge in [-0.1, -0.05) is 41.9 Å². The summed E-state index contributed by atoms with van der Waals surface area (Å²) in [5, 5.41) is 1.93. The molecule has 1 aliphatic carbocycles. The van der Waals surface area contributed by atoms with Crippen molar-refractivity contribution in [3.8, 4) is 5.75 Å². The maximum atomic E-state index is 6.68. The van der Waals surface area contributed by atoms with Gasteiger partial charge in [-0.15, -0.1) is 0 Å². The van der Waals surface area contributed by atoms with Crippen molar-refractivity contribution >= 4 is 22.5 Å². The Morgan fingerprint density at radius 1 is 1.08 bits per heavy atom. The standard InChI is InChI=1S/C22H23ClN2O/c1-15-19-5-3-4-6-20(19)24-21(22(15)23)14-25(17-9-10-17)13-16-7-11-18(26-2)12-8-16/h3-8,11-12,17H,9-10,13-14H2,1-2H3. The zero-order chi connectivity index (χ0) is 18.1. The molecule has 1 fully saturated rings. The molecule has 0 amide bonds. The lowest BCUT2D eigenvalue weighted by molar-refractivity contribution is 0.243. The number of methoxy groups -OCH3 is 1. The molecule has 0 spiro atoms. The summed E-state index contributed by atoms with van der Waals surface area (Å²) in [4.78, 5) is 7.35. The van der Waals surface area contributed by atoms with Gasteiger partial charge in [-0.2, -0.15) is 0 Å². The number of hydrogen-bond donors (Lipinski definition) is 0. The van der Waals surface area contributed by atoms with E-state index in [4.69, 9.17) is 21.3 Å². The molecule has 2 aromatic carbocycles. The largest absolute Gasteiger partial charge is 0.497 e. The van der Waals surface area contributed by atoms with Gasteiger partial charge in [0.15, 0.2) is 0 Å². The van der Waals surface area contributed by atoms with Crippen LogP contribution in [0.5, 0.6) is 5.75 Å². The van der Waals surface area contributed by atoms with Crippen LogP contribution in [0.25, 0.3) is 10.9 Å². The van der Waals surface area contributed by atoms with Crippen LogP contribution in [0.15, 0.2) is 48.5 Å². The molecule has 1 heterocycles. The zero-order valence-electron chi connectivity index (χ0n) is 15.2. The number of ether oxygens (including phenoxy) is 1. The van der Waals surface area contributed by atoms with Crippen LogP contribution in [0.4, 0.5) is 0 Å². The van der Waals surface area contributed by atoms with Gasteiger partial charge in [0.05, 0.1) is 23.3 Å². The molecule has 0 unspecified atom stereocenters. The smallest absolute Gasteiger partial charge is 0.118 e. The number of rotatable bonds is 6. The summed E-state index contributed by atoms with van der Waals surface area (Å²) in [6, 6.07) is 17.1. The summed E-state index contributed by atoms with van der Waals surface area (Å²) in [5.74, 6) is 0.890. The van der Waals surface area contributed by atoms with E-state index in [9.17, 15) is 0 Å². The predicted molar refractivity (Wildman–Crippen MR) is 107 cm³/mol. The van der Waals surface area contributed by atoms with Crippen LogP contribution in [0.2, 0.25) is 5.02 Å². The molecule has 1 aliphatic rings. The Morgan fingerprint density at radius 2 is 1.81 bits per heavy atom. The topological polar surface area (TPSA) is 25.4 Å². The van der Waals surface area contributed by atoms with Gasteiger partial charge in [0.25, 0.3) is 0 Å². The van der Waals surface area contributed by atoms with Gasteiger partial charge in [-0.25, -0.2) is 4.98 Å². The van der Waals surface area contributed by atoms with E-state index < -0.39 is 0 Å². The minimum absolute atomic E-state index is 0.627. The molecule has 1 saturated carbocycles. The Balaban J connectivity index is 1.60. The van der Waals surface area contributed by atoms with E-state index in [2.05, 4.69) is 36.1 Å². The van der Waals surface area contributed by atoms with Crippen molar-refractivity contribution in [3.63, 3.8) is 0 Å². The van der Waals surface area contributed by atoms with Gasteiger partial charge >= 0.3 is 0 Å². The highest BCUT2D eigenvalue weighted by atomic mass is 35.5. The lowest BCUT2D eigenvalue weighted by Crippen LogP contribution is -2.26. The monoisotopic (exact) mass is 366 g/mol. The van der Waals surface area contributed by atoms with Crippen molar-refractivity contribution in [2.75, 3.05) is 7.11 Å². The quantitative estimate of drug-likeness (QED) is 0.586. The maximum Gasteiger partial charge on any atom is 0.118 e. The molecule has 1 aromatic heterocycles. The summed E-state index contributed by atoms with van der Waals surface area (Å²) in [7, 11) is 1.70. The number of benzene rings is 2. The molecule has 3 nitrogen and oxygen atoms in total. The highest BCUT2D eigenvalue weighted by Gasteiger charge is 2.30. The molecule has 3 aromatic rings. The Bertz CT molecular complexity index is 919. The van der Waals surface area contributed by atoms with Crippen molar-refractivity contribution in [2.45, 2.75) is 38.9 Å². The Labute approximate surface area is 159 Å². The molecule has 0 saturated heterocycles. The van der Waals surface area contributed by atoms with E-state index in [0.717, 1.165) is 46.0 Å². The third-order valence-corrected chi connectivity index (χ3v) is 5.61. The zero-order valence-corrected chi connectivity index (χ0v) is 16.0. The number of aromatic nitrogens is 1. The lowest BCUT2D eigenvalue weighted by Gasteiger charge is -2.23. The number of hydrogen-bond acceptors (Lipinski definition) is 3. The molecule has 0 N–H and O–H groups in total. The first-order valence-electron chi connectivity index (χ1n) is 9.06. The van der Waals surface area contributed by atoms with Gasteiger partial charge < -0.3 is 4.74 Å². The van der Waals surface area contributed by atoms with E-state index >= 15 is 0 Å². The van der Waals surface area contributed by atoms with Crippen LogP contribution < -0.4 is 4.74 Å². The number of halogens is 1. The summed E-state index contributed by atoms with van der Waals surface area (Å²) in [5.41, 5.74) is 4.40. The minimum atomic E-state index is 0.627. The van der Waals surface area contributed by atoms with E-state index in [0.29, 0.717) is 6.04 Å². The molecule has 0 bridgehead atoms. The van der Waals surface area contributed by atoms with Gasteiger partial charge in [-0.05, 0) is 49.1 Å². The molecule has 0 atom stereocenters. The average Bonchev–Trinajstić information content (AvgIpc) is 3.51. The van der Waals surface area contributed by atoms with E-state index in [1.54, 1.807) is 7.11 Å². The Hall–Kier alpha value is -2.10. The Kier molecular flexibility index (Phi) is 4.84. The normalized spacial score (nSPS) is 14.2. The van der Waals surface area contributed by atoms with Crippen LogP contribution in [-0.4, -0.2) is 23.0 Å². The summed E-state index contributed by atoms with van der Waals surface area (Å²) >= 11 is 6.68. The average molecular weight is 367 g/mol. The molecule has 0 aliphatic heterocycles. The fourth-order valence-electron chi connectivity index (χ4n) is 3.43. The van der Waals surface area contributed by atoms with Gasteiger partial charge in [-0.3, -0.25) is 4.90 Å². The van der Waals surface area contributed by atoms with Gasteiger partial charge in [0.1, 0.15) is 5.75 Å². The minimum Gasteiger partial charge on any atom is -0.497 e. The highest BCUT2D eigenvalue weighted by molar-refractivity contribution is 6.32. The molecule has 0 radical (unpaired) electrons. The van der Waals surface area contributed by atoms with E-state index in [1.165, 1.54) is 18.4 Å². The summed E-state index contributed by atoms with van der Waals surface area (Å²) in [6.07, 6.45) is 2.50. The first kappa shape index (κ1) is 17.3. The van der Waals surface area contributed by atoms with Crippen LogP contribution in [0.1, 0.15) is 29.7 Å². The summed E-state index contributed by atoms with van der Waals surface area (Å²) in [6.45, 7) is 3.76. The molecular weight excluding hydrogens is 344 g/mol. The van der Waals surface area contributed by atoms with Gasteiger partial charge in [0, 0.05) is 24.5 Å². The fourth-order valence-corrected chi connectivity index (χ4v) is 3.64. The fraction of sp³-hybridized carbons (Fsp3) is 0.318. The highest BCUT2D eigenvalue weighted by Crippen LogP contribution is 2.33. The van der Waals surface area contributed by atoms with Crippen molar-refractivity contribution < 1.29 is 4.74 Å². The third-order valence-electron chi connectivity index (χ3n) is 5.11. The number of aryl methyl sites for hydroxylation is 1. The van der Waals surface area contributed by atoms with Gasteiger partial charge in [0.2, 0.25) is 0 Å². The van der Waals surface area contributed by atoms with E-state index in [-0.39, 0.29) is 0 Å². The number of para-hydroxylation sites is 1. The van der Waals surface area contributed by atoms with Crippen LogP contribution in [0, 0.1) is 6.92 Å². The third kappa shape index (κ3) is 3.55. The lowest BCUT2D eigenvalue weighted by atomic mass is 10.1. The number of nitrogens with zero attached hydrogens (tertiary/aromatic N) is 2. The molecule has 4 rings (SSSR count). The Morgan fingerprint density at radius 3 is 2.50 bits per heavy atom. The van der Waals surface area contributed by atoms with Crippen molar-refractivity contribution in [3.05, 3.63) is 70.4 Å². The molecular formula is C22H23ClN2O. The molecule has 134 valence electrons. The van der Waals surface area contributed by atoms with Crippen LogP contribution in [0.3, 0.4) is 0 Å². The van der Waals surface area contributed by atoms with Crippen molar-refractivity contribution in [2.24, 2.45) is 0 Å². The SMILES string of the molecule is COc1ccc(CN(Cc2nc3ccccc3c(C)c2Cl)C2CC2)cc1. The van der Waals surface area contributed by atoms with Crippen molar-refractivity contribution in [1.29, 1.82) is 0 Å². The van der Waals surface area contributed by atoms with Crippen LogP contribution in [-0.2, 0) is 13.1 Å². The second-order valence-corrected chi connectivity index (χ2v) is 7.38. The maximum absolute atomic E-state index is 6.68. The van der Waals surface area contributed by atoms with Crippen LogP contribution >= 0.6 is 11.6 Å². The van der Waals surface area contributed by atoms with E-state index in [1.807, 2.05) is 24.3 Å². The second kappa shape index (κ2) is 7.26. The molecule has 4 heteroatoms. The first-order valence-corrected chi connectivity index (χ1v) is 9.44.